The lowest BCUT2D eigenvalue weighted by atomic mass is 10.1. The number of benzene rings is 2. The number of amides is 1. The van der Waals surface area contributed by atoms with E-state index in [0.717, 1.165) is 62.2 Å². The van der Waals surface area contributed by atoms with Crippen LogP contribution < -0.4 is 10.1 Å². The van der Waals surface area contributed by atoms with Crippen molar-refractivity contribution in [2.24, 2.45) is 0 Å². The number of morpholine rings is 1. The van der Waals surface area contributed by atoms with Crippen molar-refractivity contribution in [1.29, 1.82) is 0 Å². The minimum absolute atomic E-state index is 0.0278. The normalized spacial score (nSPS) is 15.3. The van der Waals surface area contributed by atoms with Crippen LogP contribution in [-0.2, 0) is 9.53 Å². The molecule has 1 N–H and O–H groups in total. The summed E-state index contributed by atoms with van der Waals surface area (Å²) in [5, 5.41) is 5.28. The quantitative estimate of drug-likeness (QED) is 0.446. The zero-order valence-electron chi connectivity index (χ0n) is 18.1. The number of ether oxygens (including phenoxy) is 2. The molecule has 0 spiro atoms. The highest BCUT2D eigenvalue weighted by molar-refractivity contribution is 5.94. The Bertz CT molecular complexity index is 823. The van der Waals surface area contributed by atoms with Gasteiger partial charge in [0, 0.05) is 31.6 Å². The van der Waals surface area contributed by atoms with Crippen molar-refractivity contribution in [3.05, 3.63) is 54.1 Å². The summed E-state index contributed by atoms with van der Waals surface area (Å²) >= 11 is 0. The third-order valence-electron chi connectivity index (χ3n) is 5.44. The standard InChI is InChI=1S/C25H34N2O3/c1-2-3-4-5-10-22(25(28)26-14-15-27-16-18-29-19-17-27)20-30-24-13-8-11-21-9-6-7-12-23(21)24/h6-13H,2-5,14-20H2,1H3,(H,26,28)/b22-10+. The second-order valence-corrected chi connectivity index (χ2v) is 7.70. The van der Waals surface area contributed by atoms with Crippen molar-refractivity contribution in [2.75, 3.05) is 46.0 Å². The lowest BCUT2D eigenvalue weighted by Gasteiger charge is -2.26. The van der Waals surface area contributed by atoms with Crippen molar-refractivity contribution < 1.29 is 14.3 Å². The number of nitrogens with one attached hydrogen (secondary N) is 1. The molecule has 0 radical (unpaired) electrons. The number of carbonyl (C=O) groups is 1. The molecule has 3 rings (SSSR count). The molecule has 1 amide bonds. The molecule has 2 aromatic carbocycles. The predicted octanol–water partition coefficient (Wildman–Crippen LogP) is 4.17. The fourth-order valence-electron chi connectivity index (χ4n) is 3.63. The van der Waals surface area contributed by atoms with E-state index in [0.29, 0.717) is 12.1 Å². The van der Waals surface area contributed by atoms with Gasteiger partial charge in [0.25, 0.3) is 0 Å². The first-order valence-electron chi connectivity index (χ1n) is 11.2. The van der Waals surface area contributed by atoms with Crippen molar-refractivity contribution in [1.82, 2.24) is 10.2 Å². The molecule has 30 heavy (non-hydrogen) atoms. The molecule has 0 saturated carbocycles. The molecular weight excluding hydrogens is 376 g/mol. The van der Waals surface area contributed by atoms with Crippen LogP contribution in [0.15, 0.2) is 54.1 Å². The Labute approximate surface area is 180 Å². The van der Waals surface area contributed by atoms with E-state index in [2.05, 4.69) is 35.3 Å². The van der Waals surface area contributed by atoms with Gasteiger partial charge in [0.1, 0.15) is 12.4 Å². The summed E-state index contributed by atoms with van der Waals surface area (Å²) in [6.07, 6.45) is 6.38. The van der Waals surface area contributed by atoms with E-state index in [1.807, 2.05) is 30.3 Å². The summed E-state index contributed by atoms with van der Waals surface area (Å²) in [5.41, 5.74) is 0.709. The van der Waals surface area contributed by atoms with Gasteiger partial charge in [-0.05, 0) is 24.3 Å². The molecule has 1 fully saturated rings. The number of rotatable bonds is 11. The van der Waals surface area contributed by atoms with Crippen LogP contribution >= 0.6 is 0 Å². The highest BCUT2D eigenvalue weighted by Crippen LogP contribution is 2.25. The van der Waals surface area contributed by atoms with E-state index in [4.69, 9.17) is 9.47 Å². The molecule has 0 aliphatic carbocycles. The van der Waals surface area contributed by atoms with Gasteiger partial charge in [0.15, 0.2) is 0 Å². The van der Waals surface area contributed by atoms with Gasteiger partial charge >= 0.3 is 0 Å². The van der Waals surface area contributed by atoms with Gasteiger partial charge in [-0.3, -0.25) is 9.69 Å². The Hall–Kier alpha value is -2.37. The maximum Gasteiger partial charge on any atom is 0.250 e. The van der Waals surface area contributed by atoms with E-state index in [9.17, 15) is 4.79 Å². The summed E-state index contributed by atoms with van der Waals surface area (Å²) in [6, 6.07) is 14.2. The summed E-state index contributed by atoms with van der Waals surface area (Å²) in [4.78, 5) is 15.2. The minimum atomic E-state index is -0.0278. The van der Waals surface area contributed by atoms with Gasteiger partial charge in [0.2, 0.25) is 5.91 Å². The highest BCUT2D eigenvalue weighted by atomic mass is 16.5. The summed E-state index contributed by atoms with van der Waals surface area (Å²) in [5.74, 6) is 0.786. The molecule has 2 aromatic rings. The number of allylic oxidation sites excluding steroid dienone is 1. The first kappa shape index (κ1) is 22.3. The molecule has 162 valence electrons. The lowest BCUT2D eigenvalue weighted by Crippen LogP contribution is -2.41. The van der Waals surface area contributed by atoms with Crippen molar-refractivity contribution in [3.8, 4) is 5.75 Å². The topological polar surface area (TPSA) is 50.8 Å². The number of carbonyl (C=O) groups excluding carboxylic acids is 1. The monoisotopic (exact) mass is 410 g/mol. The predicted molar refractivity (Wildman–Crippen MR) is 122 cm³/mol. The molecule has 0 aromatic heterocycles. The number of hydrogen-bond acceptors (Lipinski definition) is 4. The van der Waals surface area contributed by atoms with Gasteiger partial charge in [-0.25, -0.2) is 0 Å². The Morgan fingerprint density at radius 3 is 2.77 bits per heavy atom. The third kappa shape index (κ3) is 6.85. The van der Waals surface area contributed by atoms with Crippen LogP contribution in [0.25, 0.3) is 10.8 Å². The van der Waals surface area contributed by atoms with Gasteiger partial charge in [-0.15, -0.1) is 0 Å². The average Bonchev–Trinajstić information content (AvgIpc) is 2.79. The van der Waals surface area contributed by atoms with E-state index in [1.165, 1.54) is 12.8 Å². The number of fused-ring (bicyclic) bond motifs is 1. The molecule has 5 nitrogen and oxygen atoms in total. The van der Waals surface area contributed by atoms with Gasteiger partial charge in [0.05, 0.1) is 18.8 Å². The second-order valence-electron chi connectivity index (χ2n) is 7.70. The zero-order chi connectivity index (χ0) is 21.0. The van der Waals surface area contributed by atoms with E-state index in [1.54, 1.807) is 0 Å². The van der Waals surface area contributed by atoms with E-state index < -0.39 is 0 Å². The first-order chi connectivity index (χ1) is 14.8. The van der Waals surface area contributed by atoms with Crippen molar-refractivity contribution >= 4 is 16.7 Å². The van der Waals surface area contributed by atoms with Gasteiger partial charge < -0.3 is 14.8 Å². The molecule has 0 bridgehead atoms. The van der Waals surface area contributed by atoms with Crippen LogP contribution in [0.4, 0.5) is 0 Å². The molecule has 5 heteroatoms. The lowest BCUT2D eigenvalue weighted by molar-refractivity contribution is -0.117. The molecule has 1 saturated heterocycles. The number of hydrogen-bond donors (Lipinski definition) is 1. The Morgan fingerprint density at radius 1 is 1.13 bits per heavy atom. The van der Waals surface area contributed by atoms with E-state index >= 15 is 0 Å². The van der Waals surface area contributed by atoms with Gasteiger partial charge in [-0.1, -0.05) is 62.2 Å². The maximum absolute atomic E-state index is 12.8. The van der Waals surface area contributed by atoms with Crippen LogP contribution in [0.3, 0.4) is 0 Å². The smallest absolute Gasteiger partial charge is 0.250 e. The van der Waals surface area contributed by atoms with E-state index in [-0.39, 0.29) is 12.5 Å². The van der Waals surface area contributed by atoms with Crippen LogP contribution in [0.5, 0.6) is 5.75 Å². The first-order valence-corrected chi connectivity index (χ1v) is 11.2. The maximum atomic E-state index is 12.8. The highest BCUT2D eigenvalue weighted by Gasteiger charge is 2.13. The third-order valence-corrected chi connectivity index (χ3v) is 5.44. The Kier molecular flexibility index (Phi) is 9.19. The second kappa shape index (κ2) is 12.4. The Balaban J connectivity index is 1.58. The van der Waals surface area contributed by atoms with Crippen LogP contribution in [0, 0.1) is 0 Å². The van der Waals surface area contributed by atoms with Crippen LogP contribution in [0.2, 0.25) is 0 Å². The number of unbranched alkanes of at least 4 members (excludes halogenated alkanes) is 3. The molecule has 0 unspecified atom stereocenters. The molecule has 1 heterocycles. The summed E-state index contributed by atoms with van der Waals surface area (Å²) in [7, 11) is 0. The fourth-order valence-corrected chi connectivity index (χ4v) is 3.63. The van der Waals surface area contributed by atoms with Crippen molar-refractivity contribution in [3.63, 3.8) is 0 Å². The SMILES string of the molecule is CCCCC/C=C(\COc1cccc2ccccc12)C(=O)NCCN1CCOCC1. The molecule has 0 atom stereocenters. The van der Waals surface area contributed by atoms with Crippen molar-refractivity contribution in [2.45, 2.75) is 32.6 Å². The average molecular weight is 411 g/mol. The fraction of sp³-hybridized carbons (Fsp3) is 0.480. The van der Waals surface area contributed by atoms with Crippen LogP contribution in [-0.4, -0.2) is 56.8 Å². The Morgan fingerprint density at radius 2 is 1.93 bits per heavy atom. The number of nitrogens with zero attached hydrogens (tertiary/aromatic N) is 1. The zero-order valence-corrected chi connectivity index (χ0v) is 18.1. The summed E-state index contributed by atoms with van der Waals surface area (Å²) in [6.45, 7) is 7.36. The molecular formula is C25H34N2O3. The molecule has 1 aliphatic heterocycles. The van der Waals surface area contributed by atoms with Gasteiger partial charge in [-0.2, -0.15) is 0 Å². The largest absolute Gasteiger partial charge is 0.488 e. The van der Waals surface area contributed by atoms with Crippen LogP contribution in [0.1, 0.15) is 32.6 Å². The minimum Gasteiger partial charge on any atom is -0.488 e. The summed E-state index contributed by atoms with van der Waals surface area (Å²) < 4.78 is 11.5. The molecule has 1 aliphatic rings.